The summed E-state index contributed by atoms with van der Waals surface area (Å²) in [7, 11) is 0. The Hall–Kier alpha value is -3.17. The third kappa shape index (κ3) is 4.08. The fraction of sp³-hybridized carbons (Fsp3) is 0.438. The molecule has 10 nitrogen and oxygen atoms in total. The highest BCUT2D eigenvalue weighted by Gasteiger charge is 2.23. The van der Waals surface area contributed by atoms with Gasteiger partial charge in [-0.15, -0.1) is 10.2 Å². The lowest BCUT2D eigenvalue weighted by atomic mass is 10.3. The molecule has 1 N–H and O–H groups in total. The molecule has 0 bridgehead atoms. The molecule has 0 saturated carbocycles. The maximum atomic E-state index is 12.1. The van der Waals surface area contributed by atoms with E-state index < -0.39 is 5.91 Å². The van der Waals surface area contributed by atoms with E-state index in [0.717, 1.165) is 0 Å². The minimum atomic E-state index is -0.413. The molecule has 138 valence electrons. The van der Waals surface area contributed by atoms with E-state index in [-0.39, 0.29) is 11.8 Å². The van der Waals surface area contributed by atoms with Gasteiger partial charge in [0.25, 0.3) is 5.91 Å². The third-order valence-electron chi connectivity index (χ3n) is 3.88. The van der Waals surface area contributed by atoms with Crippen molar-refractivity contribution in [3.05, 3.63) is 29.7 Å². The lowest BCUT2D eigenvalue weighted by molar-refractivity contribution is 0.101. The molecule has 0 spiro atoms. The van der Waals surface area contributed by atoms with E-state index in [4.69, 9.17) is 9.26 Å². The van der Waals surface area contributed by atoms with E-state index >= 15 is 0 Å². The molecular formula is C16H20N6O4. The van der Waals surface area contributed by atoms with Gasteiger partial charge in [0, 0.05) is 32.2 Å². The van der Waals surface area contributed by atoms with Gasteiger partial charge in [0.15, 0.2) is 17.3 Å². The minimum absolute atomic E-state index is 0.180. The Bertz CT molecular complexity index is 767. The topological polar surface area (TPSA) is 114 Å². The molecule has 26 heavy (non-hydrogen) atoms. The van der Waals surface area contributed by atoms with Gasteiger partial charge in [0.2, 0.25) is 0 Å². The van der Waals surface area contributed by atoms with Gasteiger partial charge in [-0.1, -0.05) is 5.16 Å². The predicted molar refractivity (Wildman–Crippen MR) is 92.0 cm³/mol. The number of aromatic nitrogens is 3. The first-order valence-electron chi connectivity index (χ1n) is 8.32. The van der Waals surface area contributed by atoms with E-state index in [1.807, 2.05) is 4.90 Å². The molecule has 10 heteroatoms. The van der Waals surface area contributed by atoms with Crippen LogP contribution >= 0.6 is 0 Å². The molecule has 3 heterocycles. The van der Waals surface area contributed by atoms with Gasteiger partial charge in [0.05, 0.1) is 6.61 Å². The van der Waals surface area contributed by atoms with E-state index in [1.165, 1.54) is 0 Å². The van der Waals surface area contributed by atoms with Crippen molar-refractivity contribution in [2.75, 3.05) is 43.0 Å². The zero-order chi connectivity index (χ0) is 18.5. The number of carbonyl (C=O) groups excluding carboxylic acids is 2. The first-order valence-corrected chi connectivity index (χ1v) is 8.32. The predicted octanol–water partition coefficient (Wildman–Crippen LogP) is 1.30. The normalized spacial score (nSPS) is 14.2. The van der Waals surface area contributed by atoms with Gasteiger partial charge in [-0.2, -0.15) is 0 Å². The lowest BCUT2D eigenvalue weighted by Gasteiger charge is -2.34. The van der Waals surface area contributed by atoms with Crippen molar-refractivity contribution in [3.8, 4) is 0 Å². The molecule has 1 aliphatic heterocycles. The molecule has 1 fully saturated rings. The van der Waals surface area contributed by atoms with E-state index in [1.54, 1.807) is 36.9 Å². The molecule has 1 aliphatic rings. The Kier molecular flexibility index (Phi) is 5.30. The van der Waals surface area contributed by atoms with Crippen LogP contribution in [-0.2, 0) is 4.74 Å². The van der Waals surface area contributed by atoms with Gasteiger partial charge in [-0.25, -0.2) is 4.79 Å². The van der Waals surface area contributed by atoms with Crippen molar-refractivity contribution in [1.82, 2.24) is 20.3 Å². The summed E-state index contributed by atoms with van der Waals surface area (Å²) >= 11 is 0. The van der Waals surface area contributed by atoms with Crippen molar-refractivity contribution < 1.29 is 18.8 Å². The van der Waals surface area contributed by atoms with Crippen LogP contribution in [0.25, 0.3) is 0 Å². The van der Waals surface area contributed by atoms with Crippen molar-refractivity contribution >= 4 is 23.6 Å². The summed E-state index contributed by atoms with van der Waals surface area (Å²) in [6.45, 7) is 6.23. The van der Waals surface area contributed by atoms with Crippen molar-refractivity contribution in [2.45, 2.75) is 13.8 Å². The van der Waals surface area contributed by atoms with Crippen LogP contribution in [0.3, 0.4) is 0 Å². The monoisotopic (exact) mass is 360 g/mol. The summed E-state index contributed by atoms with van der Waals surface area (Å²) in [6, 6.07) is 4.95. The average Bonchev–Trinajstić information content (AvgIpc) is 3.07. The van der Waals surface area contributed by atoms with Crippen LogP contribution in [0.5, 0.6) is 0 Å². The molecule has 3 rings (SSSR count). The summed E-state index contributed by atoms with van der Waals surface area (Å²) < 4.78 is 9.90. The standard InChI is InChI=1S/C16H20N6O4/c1-3-25-16(24)22-8-6-21(7-9-22)14-5-4-12(18-19-14)15(23)17-13-10-11(2)26-20-13/h4-5,10H,3,6-9H2,1-2H3,(H,17,20,23). The van der Waals surface area contributed by atoms with E-state index in [0.29, 0.717) is 50.2 Å². The summed E-state index contributed by atoms with van der Waals surface area (Å²) in [5.74, 6) is 1.17. The van der Waals surface area contributed by atoms with Crippen LogP contribution < -0.4 is 10.2 Å². The number of aryl methyl sites for hydroxylation is 1. The molecule has 0 unspecified atom stereocenters. The third-order valence-corrected chi connectivity index (χ3v) is 3.88. The zero-order valence-corrected chi connectivity index (χ0v) is 14.6. The summed E-state index contributed by atoms with van der Waals surface area (Å²) in [5, 5.41) is 14.4. The van der Waals surface area contributed by atoms with Gasteiger partial charge >= 0.3 is 6.09 Å². The van der Waals surface area contributed by atoms with Crippen molar-refractivity contribution in [2.24, 2.45) is 0 Å². The molecule has 0 aromatic carbocycles. The highest BCUT2D eigenvalue weighted by Crippen LogP contribution is 2.14. The molecule has 2 aromatic rings. The SMILES string of the molecule is CCOC(=O)N1CCN(c2ccc(C(=O)Nc3cc(C)on3)nn2)CC1. The summed E-state index contributed by atoms with van der Waals surface area (Å²) in [4.78, 5) is 27.5. The lowest BCUT2D eigenvalue weighted by Crippen LogP contribution is -2.49. The molecular weight excluding hydrogens is 340 g/mol. The van der Waals surface area contributed by atoms with Crippen LogP contribution in [0.2, 0.25) is 0 Å². The average molecular weight is 360 g/mol. The quantitative estimate of drug-likeness (QED) is 0.868. The number of hydrogen-bond donors (Lipinski definition) is 1. The smallest absolute Gasteiger partial charge is 0.409 e. The van der Waals surface area contributed by atoms with Gasteiger partial charge in [-0.3, -0.25) is 4.79 Å². The van der Waals surface area contributed by atoms with Crippen LogP contribution in [0.15, 0.2) is 22.7 Å². The number of piperazine rings is 1. The second-order valence-corrected chi connectivity index (χ2v) is 5.73. The largest absolute Gasteiger partial charge is 0.450 e. The van der Waals surface area contributed by atoms with Crippen LogP contribution in [-0.4, -0.2) is 65.0 Å². The number of anilines is 2. The first-order chi connectivity index (χ1) is 12.6. The second kappa shape index (κ2) is 7.81. The summed E-state index contributed by atoms with van der Waals surface area (Å²) in [6.07, 6.45) is -0.298. The number of hydrogen-bond acceptors (Lipinski definition) is 8. The Morgan fingerprint density at radius 1 is 1.23 bits per heavy atom. The van der Waals surface area contributed by atoms with E-state index in [9.17, 15) is 9.59 Å². The Morgan fingerprint density at radius 2 is 2.00 bits per heavy atom. The highest BCUT2D eigenvalue weighted by molar-refractivity contribution is 6.02. The fourth-order valence-corrected chi connectivity index (χ4v) is 2.55. The maximum absolute atomic E-state index is 12.1. The minimum Gasteiger partial charge on any atom is -0.450 e. The van der Waals surface area contributed by atoms with Gasteiger partial charge in [-0.05, 0) is 26.0 Å². The molecule has 0 radical (unpaired) electrons. The van der Waals surface area contributed by atoms with Gasteiger partial charge < -0.3 is 24.4 Å². The summed E-state index contributed by atoms with van der Waals surface area (Å²) in [5.41, 5.74) is 0.180. The fourth-order valence-electron chi connectivity index (χ4n) is 2.55. The number of amides is 2. The number of carbonyl (C=O) groups is 2. The molecule has 1 saturated heterocycles. The number of nitrogens with zero attached hydrogens (tertiary/aromatic N) is 5. The van der Waals surface area contributed by atoms with Crippen LogP contribution in [0.4, 0.5) is 16.4 Å². The van der Waals surface area contributed by atoms with Crippen molar-refractivity contribution in [3.63, 3.8) is 0 Å². The molecule has 0 aliphatic carbocycles. The Labute approximate surface area is 150 Å². The Morgan fingerprint density at radius 3 is 2.58 bits per heavy atom. The number of nitrogens with one attached hydrogen (secondary N) is 1. The van der Waals surface area contributed by atoms with Crippen LogP contribution in [0, 0.1) is 6.92 Å². The molecule has 2 aromatic heterocycles. The molecule has 2 amide bonds. The van der Waals surface area contributed by atoms with Crippen LogP contribution in [0.1, 0.15) is 23.2 Å². The zero-order valence-electron chi connectivity index (χ0n) is 14.6. The number of ether oxygens (including phenoxy) is 1. The van der Waals surface area contributed by atoms with Gasteiger partial charge in [0.1, 0.15) is 5.76 Å². The van der Waals surface area contributed by atoms with E-state index in [2.05, 4.69) is 20.7 Å². The second-order valence-electron chi connectivity index (χ2n) is 5.73. The first kappa shape index (κ1) is 17.6. The Balaban J connectivity index is 1.56. The molecule has 0 atom stereocenters. The highest BCUT2D eigenvalue weighted by atomic mass is 16.6. The van der Waals surface area contributed by atoms with Crippen molar-refractivity contribution in [1.29, 1.82) is 0 Å². The maximum Gasteiger partial charge on any atom is 0.409 e. The number of rotatable bonds is 4.